The van der Waals surface area contributed by atoms with Gasteiger partial charge in [0.1, 0.15) is 24.0 Å². The molecule has 0 saturated heterocycles. The summed E-state index contributed by atoms with van der Waals surface area (Å²) in [6.07, 6.45) is 5.62. The summed E-state index contributed by atoms with van der Waals surface area (Å²) in [5.74, 6) is 2.53. The van der Waals surface area contributed by atoms with Crippen LogP contribution in [0, 0.1) is 6.92 Å². The number of allylic oxidation sites excluding steroid dienone is 1. The van der Waals surface area contributed by atoms with Crippen molar-refractivity contribution in [2.24, 2.45) is 0 Å². The summed E-state index contributed by atoms with van der Waals surface area (Å²) < 4.78 is 19.9. The number of para-hydroxylation sites is 1. The van der Waals surface area contributed by atoms with Crippen molar-refractivity contribution in [3.05, 3.63) is 88.7 Å². The van der Waals surface area contributed by atoms with Gasteiger partial charge in [-0.15, -0.1) is 0 Å². The molecule has 2 aromatic heterocycles. The van der Waals surface area contributed by atoms with Crippen molar-refractivity contribution in [2.75, 3.05) is 6.73 Å². The number of benzene rings is 2. The molecule has 6 nitrogen and oxygen atoms in total. The van der Waals surface area contributed by atoms with Crippen molar-refractivity contribution in [3.63, 3.8) is 0 Å². The molecule has 2 aromatic carbocycles. The predicted molar refractivity (Wildman–Crippen MR) is 125 cm³/mol. The minimum absolute atomic E-state index is 0.0817. The van der Waals surface area contributed by atoms with Crippen molar-refractivity contribution >= 4 is 22.8 Å². The molecular weight excluding hydrogens is 416 g/mol. The summed E-state index contributed by atoms with van der Waals surface area (Å²) in [7, 11) is 0. The second-order valence-electron chi connectivity index (χ2n) is 8.54. The number of rotatable bonds is 4. The van der Waals surface area contributed by atoms with E-state index in [2.05, 4.69) is 34.7 Å². The van der Waals surface area contributed by atoms with Gasteiger partial charge in [0.2, 0.25) is 5.78 Å². The van der Waals surface area contributed by atoms with E-state index in [0.717, 1.165) is 45.6 Å². The van der Waals surface area contributed by atoms with E-state index in [9.17, 15) is 4.79 Å². The highest BCUT2D eigenvalue weighted by molar-refractivity contribution is 6.16. The van der Waals surface area contributed by atoms with Crippen LogP contribution in [0.1, 0.15) is 39.7 Å². The minimum atomic E-state index is -0.0817. The lowest BCUT2D eigenvalue weighted by Gasteiger charge is -2.29. The highest BCUT2D eigenvalue weighted by Gasteiger charge is 2.35. The third-order valence-electron chi connectivity index (χ3n) is 6.39. The minimum Gasteiger partial charge on any atom is -0.478 e. The summed E-state index contributed by atoms with van der Waals surface area (Å²) >= 11 is 0. The number of ether oxygens (including phenoxy) is 2. The van der Waals surface area contributed by atoms with E-state index < -0.39 is 0 Å². The average Bonchev–Trinajstić information content (AvgIpc) is 3.54. The first kappa shape index (κ1) is 19.9. The van der Waals surface area contributed by atoms with Crippen molar-refractivity contribution in [1.29, 1.82) is 0 Å². The molecule has 0 atom stereocenters. The number of carbonyl (C=O) groups excluding carboxylic acids is 1. The van der Waals surface area contributed by atoms with Crippen LogP contribution in [0.5, 0.6) is 11.5 Å². The van der Waals surface area contributed by atoms with Crippen molar-refractivity contribution < 1.29 is 18.7 Å². The van der Waals surface area contributed by atoms with Crippen molar-refractivity contribution in [3.8, 4) is 11.5 Å². The molecule has 4 aromatic rings. The van der Waals surface area contributed by atoms with Crippen LogP contribution in [0.3, 0.4) is 0 Å². The molecule has 4 heterocycles. The Morgan fingerprint density at radius 2 is 2.03 bits per heavy atom. The Hall–Kier alpha value is -3.77. The van der Waals surface area contributed by atoms with Crippen molar-refractivity contribution in [2.45, 2.75) is 33.5 Å². The van der Waals surface area contributed by atoms with Gasteiger partial charge in [0.15, 0.2) is 5.76 Å². The first-order valence-corrected chi connectivity index (χ1v) is 11.2. The van der Waals surface area contributed by atoms with E-state index in [0.29, 0.717) is 36.9 Å². The Labute approximate surface area is 191 Å². The maximum Gasteiger partial charge on any atom is 0.232 e. The number of nitrogens with zero attached hydrogens (tertiary/aromatic N) is 2. The van der Waals surface area contributed by atoms with Gasteiger partial charge in [-0.05, 0) is 49.8 Å². The fourth-order valence-corrected chi connectivity index (χ4v) is 4.79. The maximum absolute atomic E-state index is 13.4. The van der Waals surface area contributed by atoms with Crippen LogP contribution in [0.4, 0.5) is 0 Å². The molecule has 0 unspecified atom stereocenters. The van der Waals surface area contributed by atoms with Gasteiger partial charge < -0.3 is 18.5 Å². The van der Waals surface area contributed by atoms with E-state index in [-0.39, 0.29) is 5.78 Å². The fourth-order valence-electron chi connectivity index (χ4n) is 4.79. The number of fused-ring (bicyclic) bond motifs is 4. The zero-order valence-corrected chi connectivity index (χ0v) is 18.6. The number of furan rings is 1. The van der Waals surface area contributed by atoms with Gasteiger partial charge >= 0.3 is 0 Å². The normalized spacial score (nSPS) is 16.7. The molecule has 0 bridgehead atoms. The van der Waals surface area contributed by atoms with E-state index in [4.69, 9.17) is 13.9 Å². The molecule has 2 aliphatic heterocycles. The second-order valence-corrected chi connectivity index (χ2v) is 8.54. The smallest absolute Gasteiger partial charge is 0.232 e. The number of hydrogen-bond acceptors (Lipinski definition) is 5. The van der Waals surface area contributed by atoms with E-state index in [1.165, 1.54) is 0 Å². The molecule has 6 rings (SSSR count). The first-order chi connectivity index (χ1) is 16.1. The molecule has 6 heteroatoms. The standard InChI is InChI=1S/C27H24N2O4/c1-3-29-13-18(20-8-4-5-9-22(20)29)12-24-26(30)25-17(2)11-23-21(27(25)33-24)15-28(16-32-23)14-19-7-6-10-31-19/h4-13H,3,14-16H2,1-2H3/b24-12-. The summed E-state index contributed by atoms with van der Waals surface area (Å²) in [6.45, 7) is 6.61. The van der Waals surface area contributed by atoms with Crippen LogP contribution in [0.15, 0.2) is 65.1 Å². The van der Waals surface area contributed by atoms with Crippen LogP contribution in [-0.4, -0.2) is 22.0 Å². The lowest BCUT2D eigenvalue weighted by Crippen LogP contribution is -2.31. The number of hydrogen-bond donors (Lipinski definition) is 0. The molecular formula is C27H24N2O4. The molecule has 0 saturated carbocycles. The molecule has 0 N–H and O–H groups in total. The number of ketones is 1. The predicted octanol–water partition coefficient (Wildman–Crippen LogP) is 5.53. The highest BCUT2D eigenvalue weighted by Crippen LogP contribution is 2.44. The van der Waals surface area contributed by atoms with E-state index in [1.807, 2.05) is 43.3 Å². The number of aromatic nitrogens is 1. The lowest BCUT2D eigenvalue weighted by atomic mass is 9.98. The second kappa shape index (κ2) is 7.67. The Balaban J connectivity index is 1.38. The van der Waals surface area contributed by atoms with Crippen LogP contribution in [0.2, 0.25) is 0 Å². The zero-order valence-electron chi connectivity index (χ0n) is 18.6. The van der Waals surface area contributed by atoms with Gasteiger partial charge in [0.25, 0.3) is 0 Å². The zero-order chi connectivity index (χ0) is 22.5. The van der Waals surface area contributed by atoms with E-state index in [1.54, 1.807) is 6.26 Å². The number of carbonyl (C=O) groups is 1. The molecule has 33 heavy (non-hydrogen) atoms. The molecule has 0 fully saturated rings. The largest absolute Gasteiger partial charge is 0.478 e. The lowest BCUT2D eigenvalue weighted by molar-refractivity contribution is 0.0809. The van der Waals surface area contributed by atoms with Gasteiger partial charge in [-0.3, -0.25) is 9.69 Å². The number of Topliss-reactive ketones (excluding diaryl/α,β-unsaturated/α-hetero) is 1. The summed E-state index contributed by atoms with van der Waals surface area (Å²) in [5, 5.41) is 1.10. The molecule has 0 radical (unpaired) electrons. The summed E-state index contributed by atoms with van der Waals surface area (Å²) in [6, 6.07) is 14.0. The van der Waals surface area contributed by atoms with Crippen LogP contribution in [-0.2, 0) is 19.6 Å². The molecule has 0 spiro atoms. The topological polar surface area (TPSA) is 56.8 Å². The van der Waals surface area contributed by atoms with Gasteiger partial charge in [-0.1, -0.05) is 18.2 Å². The number of aryl methyl sites for hydroxylation is 2. The molecule has 2 aliphatic rings. The monoisotopic (exact) mass is 440 g/mol. The average molecular weight is 440 g/mol. The Bertz CT molecular complexity index is 1410. The highest BCUT2D eigenvalue weighted by atomic mass is 16.5. The first-order valence-electron chi connectivity index (χ1n) is 11.2. The quantitative estimate of drug-likeness (QED) is 0.391. The van der Waals surface area contributed by atoms with Gasteiger partial charge in [-0.25, -0.2) is 0 Å². The van der Waals surface area contributed by atoms with E-state index >= 15 is 0 Å². The molecule has 166 valence electrons. The third-order valence-corrected chi connectivity index (χ3v) is 6.39. The van der Waals surface area contributed by atoms with Gasteiger partial charge in [0.05, 0.1) is 23.9 Å². The van der Waals surface area contributed by atoms with Crippen LogP contribution in [0.25, 0.3) is 17.0 Å². The fraction of sp³-hybridized carbons (Fsp3) is 0.222. The Morgan fingerprint density at radius 3 is 2.85 bits per heavy atom. The van der Waals surface area contributed by atoms with Crippen LogP contribution < -0.4 is 9.47 Å². The van der Waals surface area contributed by atoms with Gasteiger partial charge in [-0.2, -0.15) is 0 Å². The SMILES string of the molecule is CCn1cc(/C=C2\Oc3c4c(cc(C)c3C2=O)OCN(Cc2ccco2)C4)c2ccccc21. The van der Waals surface area contributed by atoms with Crippen LogP contribution >= 0.6 is 0 Å². The summed E-state index contributed by atoms with van der Waals surface area (Å²) in [4.78, 5) is 15.5. The third kappa shape index (κ3) is 3.26. The Morgan fingerprint density at radius 1 is 1.15 bits per heavy atom. The summed E-state index contributed by atoms with van der Waals surface area (Å²) in [5.41, 5.74) is 4.52. The molecule has 0 amide bonds. The van der Waals surface area contributed by atoms with Crippen molar-refractivity contribution in [1.82, 2.24) is 9.47 Å². The maximum atomic E-state index is 13.4. The van der Waals surface area contributed by atoms with Gasteiger partial charge in [0, 0.05) is 35.8 Å². The Kier molecular flexibility index (Phi) is 4.62. The molecule has 0 aliphatic carbocycles.